The zero-order valence-corrected chi connectivity index (χ0v) is 19.0. The predicted octanol–water partition coefficient (Wildman–Crippen LogP) is 2.72. The lowest BCUT2D eigenvalue weighted by Gasteiger charge is -2.23. The molecule has 168 valence electrons. The van der Waals surface area contributed by atoms with E-state index in [0.717, 1.165) is 23.4 Å². The fraction of sp³-hybridized carbons (Fsp3) is 0.652. The van der Waals surface area contributed by atoms with Crippen molar-refractivity contribution in [2.75, 3.05) is 47.5 Å². The molecule has 1 fully saturated rings. The molecule has 1 aliphatic carbocycles. The van der Waals surface area contributed by atoms with E-state index < -0.39 is 0 Å². The Hall–Kier alpha value is -2.28. The summed E-state index contributed by atoms with van der Waals surface area (Å²) in [5.74, 6) is 2.18. The first-order valence-electron chi connectivity index (χ1n) is 10.9. The monoisotopic (exact) mass is 418 g/mol. The van der Waals surface area contributed by atoms with Gasteiger partial charge in [-0.05, 0) is 37.3 Å². The van der Waals surface area contributed by atoms with Crippen LogP contribution in [0.1, 0.15) is 43.2 Å². The second-order valence-corrected chi connectivity index (χ2v) is 8.14. The molecule has 0 aliphatic heterocycles. The molecule has 0 spiro atoms. The number of rotatable bonds is 10. The quantitative estimate of drug-likeness (QED) is 0.347. The van der Waals surface area contributed by atoms with E-state index in [4.69, 9.17) is 14.5 Å². The highest BCUT2D eigenvalue weighted by Crippen LogP contribution is 2.23. The first-order valence-corrected chi connectivity index (χ1v) is 10.9. The highest BCUT2D eigenvalue weighted by Gasteiger charge is 2.14. The summed E-state index contributed by atoms with van der Waals surface area (Å²) in [5, 5.41) is 6.63. The van der Waals surface area contributed by atoms with E-state index in [0.29, 0.717) is 31.6 Å². The number of likely N-dealkylation sites (N-methyl/N-ethyl adjacent to an activating group) is 1. The van der Waals surface area contributed by atoms with Gasteiger partial charge in [0.15, 0.2) is 5.96 Å². The Bertz CT molecular complexity index is 685. The van der Waals surface area contributed by atoms with Crippen LogP contribution in [0.15, 0.2) is 23.2 Å². The third kappa shape index (κ3) is 8.61. The molecule has 7 heteroatoms. The Morgan fingerprint density at radius 1 is 1.17 bits per heavy atom. The Balaban J connectivity index is 2.04. The van der Waals surface area contributed by atoms with Gasteiger partial charge in [-0.15, -0.1) is 0 Å². The summed E-state index contributed by atoms with van der Waals surface area (Å²) < 4.78 is 11.0. The topological polar surface area (TPSA) is 75.2 Å². The first-order chi connectivity index (χ1) is 14.5. The lowest BCUT2D eigenvalue weighted by Crippen LogP contribution is -2.44. The number of guanidine groups is 1. The van der Waals surface area contributed by atoms with Gasteiger partial charge in [0.25, 0.3) is 0 Å². The number of hydrogen-bond acceptors (Lipinski definition) is 4. The van der Waals surface area contributed by atoms with E-state index in [9.17, 15) is 4.79 Å². The fourth-order valence-electron chi connectivity index (χ4n) is 3.45. The van der Waals surface area contributed by atoms with Gasteiger partial charge in [0, 0.05) is 33.3 Å². The normalized spacial score (nSPS) is 15.0. The van der Waals surface area contributed by atoms with Gasteiger partial charge >= 0.3 is 0 Å². The van der Waals surface area contributed by atoms with Gasteiger partial charge in [0.2, 0.25) is 5.91 Å². The van der Waals surface area contributed by atoms with Crippen LogP contribution in [0.4, 0.5) is 0 Å². The number of nitrogens with zero attached hydrogens (tertiary/aromatic N) is 2. The number of ether oxygens (including phenoxy) is 2. The lowest BCUT2D eigenvalue weighted by molar-refractivity contribution is -0.127. The van der Waals surface area contributed by atoms with Crippen LogP contribution in [0.2, 0.25) is 0 Å². The number of benzene rings is 1. The molecule has 0 bridgehead atoms. The number of aliphatic imine (C=N–C) groups is 1. The van der Waals surface area contributed by atoms with Gasteiger partial charge in [-0.1, -0.05) is 31.4 Å². The van der Waals surface area contributed by atoms with E-state index in [-0.39, 0.29) is 12.5 Å². The van der Waals surface area contributed by atoms with Gasteiger partial charge < -0.3 is 25.0 Å². The average molecular weight is 419 g/mol. The fourth-order valence-corrected chi connectivity index (χ4v) is 3.45. The molecule has 0 heterocycles. The predicted molar refractivity (Wildman–Crippen MR) is 121 cm³/mol. The van der Waals surface area contributed by atoms with Crippen molar-refractivity contribution >= 4 is 11.9 Å². The first kappa shape index (κ1) is 24.0. The maximum atomic E-state index is 12.0. The second kappa shape index (κ2) is 13.1. The maximum absolute atomic E-state index is 12.0. The van der Waals surface area contributed by atoms with Crippen LogP contribution in [0.5, 0.6) is 5.75 Å². The van der Waals surface area contributed by atoms with E-state index >= 15 is 0 Å². The maximum Gasteiger partial charge on any atom is 0.241 e. The van der Waals surface area contributed by atoms with Crippen LogP contribution in [-0.2, 0) is 16.1 Å². The second-order valence-electron chi connectivity index (χ2n) is 8.14. The Kier molecular flexibility index (Phi) is 10.5. The summed E-state index contributed by atoms with van der Waals surface area (Å²) in [6.45, 7) is 4.65. The molecule has 0 saturated heterocycles. The molecule has 1 saturated carbocycles. The van der Waals surface area contributed by atoms with Crippen LogP contribution in [0, 0.1) is 12.8 Å². The van der Waals surface area contributed by atoms with Gasteiger partial charge in [-0.3, -0.25) is 4.79 Å². The summed E-state index contributed by atoms with van der Waals surface area (Å²) in [5.41, 5.74) is 2.15. The summed E-state index contributed by atoms with van der Waals surface area (Å²) in [6, 6.07) is 6.13. The number of methoxy groups -OCH3 is 1. The molecular weight excluding hydrogens is 380 g/mol. The smallest absolute Gasteiger partial charge is 0.241 e. The Morgan fingerprint density at radius 2 is 1.93 bits per heavy atom. The summed E-state index contributed by atoms with van der Waals surface area (Å²) >= 11 is 0. The number of nitrogens with one attached hydrogen (secondary N) is 2. The SMILES string of the molecule is COCCOc1cc(C)ccc1CN=C(NCC(=O)N(C)C)NCC1CCCCC1. The van der Waals surface area contributed by atoms with Crippen LogP contribution >= 0.6 is 0 Å². The third-order valence-electron chi connectivity index (χ3n) is 5.36. The minimum absolute atomic E-state index is 0.0149. The molecular formula is C23H38N4O3. The van der Waals surface area contributed by atoms with Crippen LogP contribution < -0.4 is 15.4 Å². The highest BCUT2D eigenvalue weighted by molar-refractivity contribution is 5.86. The van der Waals surface area contributed by atoms with Gasteiger partial charge in [0.05, 0.1) is 19.7 Å². The number of carbonyl (C=O) groups is 1. The molecule has 1 aromatic rings. The molecule has 1 amide bonds. The standard InChI is InChI=1S/C23H38N4O3/c1-18-10-11-20(21(14-18)30-13-12-29-4)16-25-23(26-17-22(28)27(2)3)24-15-19-8-6-5-7-9-19/h10-11,14,19H,5-9,12-13,15-17H2,1-4H3,(H2,24,25,26). The molecule has 0 atom stereocenters. The zero-order valence-electron chi connectivity index (χ0n) is 19.0. The summed E-state index contributed by atoms with van der Waals surface area (Å²) in [7, 11) is 5.17. The van der Waals surface area contributed by atoms with E-state index in [1.807, 2.05) is 19.1 Å². The molecule has 2 rings (SSSR count). The molecule has 30 heavy (non-hydrogen) atoms. The van der Waals surface area contributed by atoms with Gasteiger partial charge in [-0.2, -0.15) is 0 Å². The molecule has 1 aromatic carbocycles. The molecule has 0 radical (unpaired) electrons. The minimum Gasteiger partial charge on any atom is -0.491 e. The third-order valence-corrected chi connectivity index (χ3v) is 5.36. The van der Waals surface area contributed by atoms with Crippen molar-refractivity contribution < 1.29 is 14.3 Å². The minimum atomic E-state index is 0.0149. The largest absolute Gasteiger partial charge is 0.491 e. The summed E-state index contributed by atoms with van der Waals surface area (Å²) in [4.78, 5) is 18.3. The van der Waals surface area contributed by atoms with Crippen LogP contribution in [0.3, 0.4) is 0 Å². The average Bonchev–Trinajstić information content (AvgIpc) is 2.74. The molecule has 7 nitrogen and oxygen atoms in total. The highest BCUT2D eigenvalue weighted by atomic mass is 16.5. The van der Waals surface area contributed by atoms with Crippen molar-refractivity contribution in [3.63, 3.8) is 0 Å². The number of hydrogen-bond donors (Lipinski definition) is 2. The van der Waals surface area contributed by atoms with Crippen LogP contribution in [0.25, 0.3) is 0 Å². The van der Waals surface area contributed by atoms with Crippen molar-refractivity contribution in [2.45, 2.75) is 45.6 Å². The molecule has 2 N–H and O–H groups in total. The molecule has 0 unspecified atom stereocenters. The molecule has 0 aromatic heterocycles. The van der Waals surface area contributed by atoms with Crippen molar-refractivity contribution in [2.24, 2.45) is 10.9 Å². The van der Waals surface area contributed by atoms with Crippen molar-refractivity contribution in [3.05, 3.63) is 29.3 Å². The van der Waals surface area contributed by atoms with Crippen molar-refractivity contribution in [1.29, 1.82) is 0 Å². The van der Waals surface area contributed by atoms with E-state index in [2.05, 4.69) is 16.7 Å². The zero-order chi connectivity index (χ0) is 21.8. The van der Waals surface area contributed by atoms with E-state index in [1.165, 1.54) is 32.1 Å². The summed E-state index contributed by atoms with van der Waals surface area (Å²) in [6.07, 6.45) is 6.46. The number of aryl methyl sites for hydroxylation is 1. The Morgan fingerprint density at radius 3 is 2.63 bits per heavy atom. The van der Waals surface area contributed by atoms with Gasteiger partial charge in [0.1, 0.15) is 12.4 Å². The lowest BCUT2D eigenvalue weighted by atomic mass is 9.89. The Labute approximate surface area is 181 Å². The van der Waals surface area contributed by atoms with Crippen molar-refractivity contribution in [3.8, 4) is 5.75 Å². The van der Waals surface area contributed by atoms with Crippen molar-refractivity contribution in [1.82, 2.24) is 15.5 Å². The van der Waals surface area contributed by atoms with E-state index in [1.54, 1.807) is 26.1 Å². The van der Waals surface area contributed by atoms with Crippen LogP contribution in [-0.4, -0.2) is 64.3 Å². The number of amides is 1. The molecule has 1 aliphatic rings. The van der Waals surface area contributed by atoms with Gasteiger partial charge in [-0.25, -0.2) is 4.99 Å². The number of carbonyl (C=O) groups excluding carboxylic acids is 1.